The molecule has 4 nitrogen and oxygen atoms in total. The fourth-order valence-electron chi connectivity index (χ4n) is 2.70. The van der Waals surface area contributed by atoms with Crippen LogP contribution in [0.4, 0.5) is 5.69 Å². The average molecular weight is 264 g/mol. The van der Waals surface area contributed by atoms with Crippen molar-refractivity contribution in [1.29, 1.82) is 0 Å². The molecule has 0 aromatic heterocycles. The number of hydrogen-bond acceptors (Lipinski definition) is 4. The van der Waals surface area contributed by atoms with E-state index >= 15 is 0 Å². The van der Waals surface area contributed by atoms with Gasteiger partial charge in [-0.3, -0.25) is 4.90 Å². The molecule has 4 heteroatoms. The van der Waals surface area contributed by atoms with E-state index in [1.165, 1.54) is 5.56 Å². The molecule has 0 aliphatic carbocycles. The summed E-state index contributed by atoms with van der Waals surface area (Å²) in [4.78, 5) is 4.57. The predicted octanol–water partition coefficient (Wildman–Crippen LogP) is 1.50. The third kappa shape index (κ3) is 2.85. The van der Waals surface area contributed by atoms with E-state index in [0.717, 1.165) is 24.5 Å². The van der Waals surface area contributed by atoms with E-state index in [1.807, 2.05) is 6.07 Å². The predicted molar refractivity (Wildman–Crippen MR) is 78.0 cm³/mol. The SMILES string of the molecule is COc1ccc(C)cc1N1CC(C)N(C)C(CO)C1. The van der Waals surface area contributed by atoms with Crippen LogP contribution in [-0.2, 0) is 0 Å². The first-order valence-corrected chi connectivity index (χ1v) is 6.79. The minimum atomic E-state index is 0.175. The first-order chi connectivity index (χ1) is 9.06. The van der Waals surface area contributed by atoms with Crippen LogP contribution in [0, 0.1) is 6.92 Å². The quantitative estimate of drug-likeness (QED) is 0.897. The van der Waals surface area contributed by atoms with Gasteiger partial charge in [0.1, 0.15) is 5.75 Å². The van der Waals surface area contributed by atoms with Gasteiger partial charge in [0.05, 0.1) is 25.4 Å². The van der Waals surface area contributed by atoms with Gasteiger partial charge in [-0.05, 0) is 38.6 Å². The van der Waals surface area contributed by atoms with Gasteiger partial charge in [0, 0.05) is 19.1 Å². The Labute approximate surface area is 115 Å². The van der Waals surface area contributed by atoms with Crippen LogP contribution in [0.1, 0.15) is 12.5 Å². The van der Waals surface area contributed by atoms with Gasteiger partial charge in [-0.2, -0.15) is 0 Å². The fraction of sp³-hybridized carbons (Fsp3) is 0.600. The third-order valence-corrected chi connectivity index (χ3v) is 4.07. The lowest BCUT2D eigenvalue weighted by molar-refractivity contribution is 0.0994. The number of aryl methyl sites for hydroxylation is 1. The molecule has 1 heterocycles. The molecule has 1 aliphatic rings. The Morgan fingerprint density at radius 2 is 2.11 bits per heavy atom. The summed E-state index contributed by atoms with van der Waals surface area (Å²) in [7, 11) is 3.79. The lowest BCUT2D eigenvalue weighted by Gasteiger charge is -2.44. The Hall–Kier alpha value is -1.26. The number of nitrogens with zero attached hydrogens (tertiary/aromatic N) is 2. The molecule has 0 amide bonds. The van der Waals surface area contributed by atoms with E-state index in [0.29, 0.717) is 6.04 Å². The van der Waals surface area contributed by atoms with Crippen LogP contribution in [0.2, 0.25) is 0 Å². The summed E-state index contributed by atoms with van der Waals surface area (Å²) in [6, 6.07) is 6.82. The van der Waals surface area contributed by atoms with E-state index in [9.17, 15) is 5.11 Å². The lowest BCUT2D eigenvalue weighted by atomic mass is 10.1. The second kappa shape index (κ2) is 5.80. The van der Waals surface area contributed by atoms with Crippen molar-refractivity contribution < 1.29 is 9.84 Å². The summed E-state index contributed by atoms with van der Waals surface area (Å²) >= 11 is 0. The molecule has 1 aliphatic heterocycles. The van der Waals surface area contributed by atoms with Crippen LogP contribution in [0.3, 0.4) is 0 Å². The number of methoxy groups -OCH3 is 1. The van der Waals surface area contributed by atoms with Crippen molar-refractivity contribution in [3.05, 3.63) is 23.8 Å². The molecule has 2 atom stereocenters. The number of hydrogen-bond donors (Lipinski definition) is 1. The molecule has 1 aromatic rings. The zero-order valence-electron chi connectivity index (χ0n) is 12.3. The van der Waals surface area contributed by atoms with Gasteiger partial charge >= 0.3 is 0 Å². The van der Waals surface area contributed by atoms with E-state index in [2.05, 4.69) is 42.8 Å². The topological polar surface area (TPSA) is 35.9 Å². The van der Waals surface area contributed by atoms with Crippen LogP contribution in [0.25, 0.3) is 0 Å². The van der Waals surface area contributed by atoms with Crippen molar-refractivity contribution >= 4 is 5.69 Å². The Kier molecular flexibility index (Phi) is 4.32. The van der Waals surface area contributed by atoms with E-state index in [4.69, 9.17) is 4.74 Å². The maximum absolute atomic E-state index is 9.53. The summed E-state index contributed by atoms with van der Waals surface area (Å²) in [5.74, 6) is 0.902. The maximum Gasteiger partial charge on any atom is 0.142 e. The average Bonchev–Trinajstić information content (AvgIpc) is 2.41. The largest absolute Gasteiger partial charge is 0.495 e. The van der Waals surface area contributed by atoms with Gasteiger partial charge in [0.25, 0.3) is 0 Å². The minimum Gasteiger partial charge on any atom is -0.495 e. The Bertz CT molecular complexity index is 436. The molecular weight excluding hydrogens is 240 g/mol. The van der Waals surface area contributed by atoms with Gasteiger partial charge in [-0.1, -0.05) is 6.07 Å². The normalized spacial score (nSPS) is 24.6. The van der Waals surface area contributed by atoms with E-state index < -0.39 is 0 Å². The molecule has 1 fully saturated rings. The number of aliphatic hydroxyl groups is 1. The number of ether oxygens (including phenoxy) is 1. The zero-order chi connectivity index (χ0) is 14.0. The van der Waals surface area contributed by atoms with E-state index in [-0.39, 0.29) is 12.6 Å². The number of rotatable bonds is 3. The fourth-order valence-corrected chi connectivity index (χ4v) is 2.70. The minimum absolute atomic E-state index is 0.175. The van der Waals surface area contributed by atoms with Crippen LogP contribution in [0.5, 0.6) is 5.75 Å². The van der Waals surface area contributed by atoms with Crippen molar-refractivity contribution in [2.24, 2.45) is 0 Å². The highest BCUT2D eigenvalue weighted by molar-refractivity contribution is 5.60. The summed E-state index contributed by atoms with van der Waals surface area (Å²) in [5.41, 5.74) is 2.35. The van der Waals surface area contributed by atoms with Crippen molar-refractivity contribution in [3.8, 4) is 5.75 Å². The lowest BCUT2D eigenvalue weighted by Crippen LogP contribution is -2.57. The van der Waals surface area contributed by atoms with Crippen LogP contribution >= 0.6 is 0 Å². The highest BCUT2D eigenvalue weighted by atomic mass is 16.5. The van der Waals surface area contributed by atoms with E-state index in [1.54, 1.807) is 7.11 Å². The Balaban J connectivity index is 2.28. The number of anilines is 1. The highest BCUT2D eigenvalue weighted by Crippen LogP contribution is 2.31. The van der Waals surface area contributed by atoms with Crippen molar-refractivity contribution in [1.82, 2.24) is 4.90 Å². The van der Waals surface area contributed by atoms with Gasteiger partial charge < -0.3 is 14.7 Å². The molecule has 0 radical (unpaired) electrons. The van der Waals surface area contributed by atoms with Crippen LogP contribution in [0.15, 0.2) is 18.2 Å². The summed E-state index contributed by atoms with van der Waals surface area (Å²) in [6.07, 6.45) is 0. The molecule has 19 heavy (non-hydrogen) atoms. The molecule has 1 saturated heterocycles. The molecule has 2 rings (SSSR count). The maximum atomic E-state index is 9.53. The molecule has 106 valence electrons. The van der Waals surface area contributed by atoms with Crippen molar-refractivity contribution in [3.63, 3.8) is 0 Å². The molecule has 0 saturated carbocycles. The van der Waals surface area contributed by atoms with Crippen molar-refractivity contribution in [2.75, 3.05) is 38.8 Å². The molecular formula is C15H24N2O2. The number of piperazine rings is 1. The molecule has 1 N–H and O–H groups in total. The summed E-state index contributed by atoms with van der Waals surface area (Å²) in [6.45, 7) is 6.25. The number of benzene rings is 1. The monoisotopic (exact) mass is 264 g/mol. The highest BCUT2D eigenvalue weighted by Gasteiger charge is 2.30. The van der Waals surface area contributed by atoms with Gasteiger partial charge in [0.2, 0.25) is 0 Å². The zero-order valence-corrected chi connectivity index (χ0v) is 12.3. The second-order valence-corrected chi connectivity index (χ2v) is 5.43. The first-order valence-electron chi connectivity index (χ1n) is 6.79. The summed E-state index contributed by atoms with van der Waals surface area (Å²) in [5, 5.41) is 9.53. The smallest absolute Gasteiger partial charge is 0.142 e. The summed E-state index contributed by atoms with van der Waals surface area (Å²) < 4.78 is 5.47. The van der Waals surface area contributed by atoms with Crippen LogP contribution in [-0.4, -0.2) is 55.9 Å². The molecule has 2 unspecified atom stereocenters. The number of aliphatic hydroxyl groups excluding tert-OH is 1. The Morgan fingerprint density at radius 1 is 1.37 bits per heavy atom. The van der Waals surface area contributed by atoms with Gasteiger partial charge in [-0.25, -0.2) is 0 Å². The molecule has 0 spiro atoms. The molecule has 0 bridgehead atoms. The van der Waals surface area contributed by atoms with Crippen LogP contribution < -0.4 is 9.64 Å². The Morgan fingerprint density at radius 3 is 2.74 bits per heavy atom. The second-order valence-electron chi connectivity index (χ2n) is 5.43. The number of likely N-dealkylation sites (N-methyl/N-ethyl adjacent to an activating group) is 1. The molecule has 1 aromatic carbocycles. The van der Waals surface area contributed by atoms with Crippen molar-refractivity contribution in [2.45, 2.75) is 25.9 Å². The first kappa shape index (κ1) is 14.2. The standard InChI is InChI=1S/C15H24N2O2/c1-11-5-6-15(19-4)14(7-11)17-8-12(2)16(3)13(9-17)10-18/h5-7,12-13,18H,8-10H2,1-4H3. The van der Waals surface area contributed by atoms with Gasteiger partial charge in [0.15, 0.2) is 0 Å². The third-order valence-electron chi connectivity index (χ3n) is 4.07. The van der Waals surface area contributed by atoms with Gasteiger partial charge in [-0.15, -0.1) is 0 Å².